The van der Waals surface area contributed by atoms with Crippen molar-refractivity contribution >= 4 is 15.7 Å². The number of nitrogens with two attached hydrogens (primary N) is 1. The molecular formula is C12H26N2O3S. The minimum atomic E-state index is -3.20. The number of carbonyl (C=O) groups is 1. The summed E-state index contributed by atoms with van der Waals surface area (Å²) >= 11 is 0. The normalized spacial score (nSPS) is 15.3. The van der Waals surface area contributed by atoms with E-state index < -0.39 is 14.6 Å². The molecular weight excluding hydrogens is 252 g/mol. The molecule has 108 valence electrons. The number of amides is 1. The summed E-state index contributed by atoms with van der Waals surface area (Å²) in [5.74, 6) is -0.214. The Morgan fingerprint density at radius 2 is 1.67 bits per heavy atom. The van der Waals surface area contributed by atoms with Crippen LogP contribution in [0.1, 0.15) is 41.0 Å². The van der Waals surface area contributed by atoms with E-state index in [1.165, 1.54) is 6.26 Å². The van der Waals surface area contributed by atoms with E-state index in [-0.39, 0.29) is 30.3 Å². The number of hydrogen-bond acceptors (Lipinski definition) is 4. The van der Waals surface area contributed by atoms with Crippen LogP contribution in [0.2, 0.25) is 0 Å². The molecule has 1 unspecified atom stereocenters. The van der Waals surface area contributed by atoms with Gasteiger partial charge in [-0.1, -0.05) is 20.8 Å². The quantitative estimate of drug-likeness (QED) is 0.774. The lowest BCUT2D eigenvalue weighted by atomic mass is 9.85. The minimum absolute atomic E-state index is 0.0987. The van der Waals surface area contributed by atoms with Crippen molar-refractivity contribution in [2.24, 2.45) is 11.1 Å². The van der Waals surface area contributed by atoms with Crippen molar-refractivity contribution in [3.05, 3.63) is 0 Å². The van der Waals surface area contributed by atoms with Crippen molar-refractivity contribution < 1.29 is 13.2 Å². The van der Waals surface area contributed by atoms with Crippen LogP contribution in [-0.4, -0.2) is 37.9 Å². The highest BCUT2D eigenvalue weighted by Gasteiger charge is 2.31. The number of nitrogens with one attached hydrogen (secondary N) is 1. The van der Waals surface area contributed by atoms with Crippen LogP contribution in [0.15, 0.2) is 0 Å². The molecule has 0 aliphatic carbocycles. The van der Waals surface area contributed by atoms with Gasteiger partial charge in [-0.15, -0.1) is 0 Å². The maximum atomic E-state index is 11.7. The number of carbonyl (C=O) groups excluding carboxylic acids is 1. The molecule has 1 atom stereocenters. The molecule has 0 aliphatic heterocycles. The van der Waals surface area contributed by atoms with Gasteiger partial charge < -0.3 is 11.1 Å². The van der Waals surface area contributed by atoms with Gasteiger partial charge in [0.1, 0.15) is 0 Å². The second-order valence-corrected chi connectivity index (χ2v) is 9.13. The van der Waals surface area contributed by atoms with Gasteiger partial charge in [0, 0.05) is 25.3 Å². The third-order valence-electron chi connectivity index (χ3n) is 3.23. The van der Waals surface area contributed by atoms with E-state index in [0.717, 1.165) is 0 Å². The molecule has 3 N–H and O–H groups in total. The van der Waals surface area contributed by atoms with Crippen molar-refractivity contribution in [2.45, 2.75) is 51.8 Å². The van der Waals surface area contributed by atoms with E-state index in [0.29, 0.717) is 0 Å². The molecule has 5 nitrogen and oxygen atoms in total. The molecule has 0 bridgehead atoms. The molecule has 0 spiro atoms. The van der Waals surface area contributed by atoms with E-state index in [4.69, 9.17) is 5.73 Å². The van der Waals surface area contributed by atoms with Gasteiger partial charge in [-0.25, -0.2) is 8.42 Å². The first-order valence-corrected chi connectivity index (χ1v) is 7.88. The van der Waals surface area contributed by atoms with Crippen molar-refractivity contribution in [1.82, 2.24) is 5.32 Å². The smallest absolute Gasteiger partial charge is 0.221 e. The molecule has 0 rings (SSSR count). The maximum Gasteiger partial charge on any atom is 0.221 e. The molecule has 0 saturated heterocycles. The predicted molar refractivity (Wildman–Crippen MR) is 74.0 cm³/mol. The molecule has 1 amide bonds. The van der Waals surface area contributed by atoms with Crippen LogP contribution in [0.5, 0.6) is 0 Å². The number of hydrogen-bond donors (Lipinski definition) is 2. The van der Waals surface area contributed by atoms with Crippen LogP contribution in [0.25, 0.3) is 0 Å². The topological polar surface area (TPSA) is 89.3 Å². The predicted octanol–water partition coefficient (Wildman–Crippen LogP) is 0.689. The first-order valence-electron chi connectivity index (χ1n) is 5.99. The van der Waals surface area contributed by atoms with Crippen LogP contribution in [0.3, 0.4) is 0 Å². The molecule has 0 fully saturated rings. The van der Waals surface area contributed by atoms with Crippen molar-refractivity contribution in [1.29, 1.82) is 0 Å². The average molecular weight is 278 g/mol. The standard InChI is InChI=1S/C12H26N2O3S/c1-11(2,3)9(13)7-10(15)14-8-12(4,5)18(6,16)17/h9H,7-8,13H2,1-6H3,(H,14,15). The van der Waals surface area contributed by atoms with Crippen molar-refractivity contribution in [3.8, 4) is 0 Å². The summed E-state index contributed by atoms with van der Waals surface area (Å²) in [5, 5.41) is 2.63. The zero-order chi connectivity index (χ0) is 14.8. The lowest BCUT2D eigenvalue weighted by Crippen LogP contribution is -2.46. The van der Waals surface area contributed by atoms with E-state index >= 15 is 0 Å². The summed E-state index contributed by atoms with van der Waals surface area (Å²) in [5.41, 5.74) is 5.75. The lowest BCUT2D eigenvalue weighted by molar-refractivity contribution is -0.122. The Labute approximate surface area is 110 Å². The summed E-state index contributed by atoms with van der Waals surface area (Å²) < 4.78 is 22.0. The number of sulfone groups is 1. The van der Waals surface area contributed by atoms with E-state index in [2.05, 4.69) is 5.32 Å². The van der Waals surface area contributed by atoms with Gasteiger partial charge in [0.05, 0.1) is 4.75 Å². The van der Waals surface area contributed by atoms with Gasteiger partial charge >= 0.3 is 0 Å². The highest BCUT2D eigenvalue weighted by Crippen LogP contribution is 2.19. The fourth-order valence-corrected chi connectivity index (χ4v) is 1.35. The van der Waals surface area contributed by atoms with Crippen LogP contribution >= 0.6 is 0 Å². The molecule has 6 heteroatoms. The van der Waals surface area contributed by atoms with E-state index in [9.17, 15) is 13.2 Å². The summed E-state index contributed by atoms with van der Waals surface area (Å²) in [6, 6.07) is -0.251. The summed E-state index contributed by atoms with van der Waals surface area (Å²) in [6.07, 6.45) is 1.36. The molecule has 0 aromatic carbocycles. The fraction of sp³-hybridized carbons (Fsp3) is 0.917. The molecule has 0 heterocycles. The van der Waals surface area contributed by atoms with Gasteiger partial charge in [-0.3, -0.25) is 4.79 Å². The Bertz CT molecular complexity index is 394. The highest BCUT2D eigenvalue weighted by atomic mass is 32.2. The summed E-state index contributed by atoms with van der Waals surface area (Å²) in [4.78, 5) is 11.7. The first-order chi connectivity index (χ1) is 7.77. The number of rotatable bonds is 5. The molecule has 0 radical (unpaired) electrons. The molecule has 18 heavy (non-hydrogen) atoms. The highest BCUT2D eigenvalue weighted by molar-refractivity contribution is 7.92. The summed E-state index contributed by atoms with van der Waals surface area (Å²) in [7, 11) is -3.20. The van der Waals surface area contributed by atoms with Gasteiger partial charge in [-0.2, -0.15) is 0 Å². The molecule has 0 aliphatic rings. The third-order valence-corrected chi connectivity index (χ3v) is 5.38. The first kappa shape index (κ1) is 17.4. The van der Waals surface area contributed by atoms with E-state index in [1.54, 1.807) is 13.8 Å². The Kier molecular flexibility index (Phi) is 5.38. The van der Waals surface area contributed by atoms with Crippen molar-refractivity contribution in [3.63, 3.8) is 0 Å². The van der Waals surface area contributed by atoms with Crippen LogP contribution < -0.4 is 11.1 Å². The SMILES string of the molecule is CC(C)(C)C(N)CC(=O)NCC(C)(C)S(C)(=O)=O. The Morgan fingerprint density at radius 3 is 2.00 bits per heavy atom. The summed E-state index contributed by atoms with van der Waals surface area (Å²) in [6.45, 7) is 9.17. The van der Waals surface area contributed by atoms with Gasteiger partial charge in [0.15, 0.2) is 9.84 Å². The van der Waals surface area contributed by atoms with Crippen LogP contribution in [0.4, 0.5) is 0 Å². The monoisotopic (exact) mass is 278 g/mol. The third kappa shape index (κ3) is 5.35. The van der Waals surface area contributed by atoms with Crippen LogP contribution in [0, 0.1) is 5.41 Å². The zero-order valence-corrected chi connectivity index (χ0v) is 13.0. The van der Waals surface area contributed by atoms with Gasteiger partial charge in [0.2, 0.25) is 5.91 Å². The zero-order valence-electron chi connectivity index (χ0n) is 12.2. The van der Waals surface area contributed by atoms with Crippen molar-refractivity contribution in [2.75, 3.05) is 12.8 Å². The van der Waals surface area contributed by atoms with Gasteiger partial charge in [-0.05, 0) is 19.3 Å². The minimum Gasteiger partial charge on any atom is -0.354 e. The Balaban J connectivity index is 4.38. The average Bonchev–Trinajstić information content (AvgIpc) is 2.11. The molecule has 0 aromatic rings. The molecule has 0 aromatic heterocycles. The van der Waals surface area contributed by atoms with Crippen LogP contribution in [-0.2, 0) is 14.6 Å². The maximum absolute atomic E-state index is 11.7. The Morgan fingerprint density at radius 1 is 1.22 bits per heavy atom. The fourth-order valence-electron chi connectivity index (χ4n) is 1.02. The lowest BCUT2D eigenvalue weighted by Gasteiger charge is -2.27. The largest absolute Gasteiger partial charge is 0.354 e. The van der Waals surface area contributed by atoms with Gasteiger partial charge in [0.25, 0.3) is 0 Å². The molecule has 0 saturated carbocycles. The second-order valence-electron chi connectivity index (χ2n) is 6.49. The second kappa shape index (κ2) is 5.57. The Hall–Kier alpha value is -0.620. The van der Waals surface area contributed by atoms with E-state index in [1.807, 2.05) is 20.8 Å².